The summed E-state index contributed by atoms with van der Waals surface area (Å²) in [7, 11) is 3.02. The van der Waals surface area contributed by atoms with Crippen molar-refractivity contribution >= 4 is 17.7 Å². The minimum atomic E-state index is -0.495. The zero-order valence-electron chi connectivity index (χ0n) is 17.4. The predicted octanol–water partition coefficient (Wildman–Crippen LogP) is 3.28. The highest BCUT2D eigenvalue weighted by Gasteiger charge is 2.28. The number of furan rings is 1. The Morgan fingerprint density at radius 1 is 1.25 bits per heavy atom. The molecule has 152 valence electrons. The number of ketones is 1. The zero-order chi connectivity index (χ0) is 21.0. The van der Waals surface area contributed by atoms with Crippen LogP contribution in [0.25, 0.3) is 0 Å². The number of Topliss-reactive ketones (excluding diaryl/α,β-unsaturated/α-hetero) is 1. The second-order valence-electron chi connectivity index (χ2n) is 7.33. The number of hydrogen-bond acceptors (Lipinski definition) is 5. The number of carbonyl (C=O) groups is 3. The first-order chi connectivity index (χ1) is 13.2. The molecule has 0 atom stereocenters. The summed E-state index contributed by atoms with van der Waals surface area (Å²) < 4.78 is 11.8. The molecule has 0 fully saturated rings. The molecule has 0 N–H and O–H groups in total. The molecular formula is C21H28N2O5. The summed E-state index contributed by atoms with van der Waals surface area (Å²) in [5.74, 6) is -0.0384. The number of amides is 1. The molecule has 0 aromatic carbocycles. The van der Waals surface area contributed by atoms with Gasteiger partial charge in [0.15, 0.2) is 5.78 Å². The van der Waals surface area contributed by atoms with Gasteiger partial charge in [0.2, 0.25) is 5.91 Å². The Hall–Kier alpha value is -2.83. The van der Waals surface area contributed by atoms with Crippen LogP contribution in [0.1, 0.15) is 58.1 Å². The minimum absolute atomic E-state index is 0.0848. The first kappa shape index (κ1) is 21.5. The van der Waals surface area contributed by atoms with Gasteiger partial charge < -0.3 is 18.6 Å². The van der Waals surface area contributed by atoms with Crippen molar-refractivity contribution in [3.8, 4) is 0 Å². The number of ether oxygens (including phenoxy) is 1. The fraction of sp³-hybridized carbons (Fsp3) is 0.476. The molecule has 0 aliphatic carbocycles. The Balaban J connectivity index is 2.33. The van der Waals surface area contributed by atoms with Crippen LogP contribution >= 0.6 is 0 Å². The number of hydrogen-bond donors (Lipinski definition) is 0. The van der Waals surface area contributed by atoms with E-state index in [0.29, 0.717) is 34.7 Å². The second kappa shape index (κ2) is 8.91. The maximum absolute atomic E-state index is 13.1. The van der Waals surface area contributed by atoms with Gasteiger partial charge in [-0.1, -0.05) is 13.8 Å². The lowest BCUT2D eigenvalue weighted by Gasteiger charge is -2.22. The van der Waals surface area contributed by atoms with Crippen molar-refractivity contribution in [2.75, 3.05) is 13.7 Å². The van der Waals surface area contributed by atoms with Crippen molar-refractivity contribution in [1.29, 1.82) is 0 Å². The molecule has 7 heteroatoms. The van der Waals surface area contributed by atoms with Crippen LogP contribution in [0, 0.1) is 19.8 Å². The zero-order valence-corrected chi connectivity index (χ0v) is 17.4. The van der Waals surface area contributed by atoms with E-state index < -0.39 is 5.97 Å². The molecule has 1 amide bonds. The third-order valence-corrected chi connectivity index (χ3v) is 4.78. The maximum atomic E-state index is 13.1. The molecule has 2 aromatic rings. The second-order valence-corrected chi connectivity index (χ2v) is 7.33. The molecule has 28 heavy (non-hydrogen) atoms. The summed E-state index contributed by atoms with van der Waals surface area (Å²) in [5.41, 5.74) is 2.02. The number of rotatable bonds is 8. The van der Waals surface area contributed by atoms with E-state index in [1.54, 1.807) is 37.6 Å². The van der Waals surface area contributed by atoms with E-state index >= 15 is 0 Å². The summed E-state index contributed by atoms with van der Waals surface area (Å²) in [6.45, 7) is 7.55. The largest absolute Gasteiger partial charge is 0.467 e. The summed E-state index contributed by atoms with van der Waals surface area (Å²) in [4.78, 5) is 39.4. The molecule has 0 saturated heterocycles. The van der Waals surface area contributed by atoms with Crippen LogP contribution in [-0.2, 0) is 23.1 Å². The average molecular weight is 388 g/mol. The molecule has 0 unspecified atom stereocenters. The molecule has 7 nitrogen and oxygen atoms in total. The van der Waals surface area contributed by atoms with Gasteiger partial charge in [-0.05, 0) is 37.5 Å². The molecule has 2 heterocycles. The molecule has 2 aromatic heterocycles. The van der Waals surface area contributed by atoms with Crippen LogP contribution in [0.2, 0.25) is 0 Å². The summed E-state index contributed by atoms with van der Waals surface area (Å²) in [5, 5.41) is 0. The summed E-state index contributed by atoms with van der Waals surface area (Å²) >= 11 is 0. The third-order valence-electron chi connectivity index (χ3n) is 4.78. The number of aromatic nitrogens is 1. The normalized spacial score (nSPS) is 11.0. The molecule has 0 radical (unpaired) electrons. The topological polar surface area (TPSA) is 81.8 Å². The smallest absolute Gasteiger partial charge is 0.354 e. The van der Waals surface area contributed by atoms with Gasteiger partial charge in [0, 0.05) is 24.7 Å². The lowest BCUT2D eigenvalue weighted by Crippen LogP contribution is -2.36. The van der Waals surface area contributed by atoms with Gasteiger partial charge in [0.05, 0.1) is 26.5 Å². The SMILES string of the molecule is COC(=O)c1c(C)c(C(=O)CN(Cc2ccco2)C(=O)CC(C)C)c(C)n1C. The quantitative estimate of drug-likeness (QED) is 0.512. The minimum Gasteiger partial charge on any atom is -0.467 e. The van der Waals surface area contributed by atoms with Gasteiger partial charge in [-0.3, -0.25) is 9.59 Å². The van der Waals surface area contributed by atoms with Crippen molar-refractivity contribution in [3.63, 3.8) is 0 Å². The molecule has 0 spiro atoms. The van der Waals surface area contributed by atoms with E-state index in [-0.39, 0.29) is 30.7 Å². The highest BCUT2D eigenvalue weighted by atomic mass is 16.5. The van der Waals surface area contributed by atoms with Crippen LogP contribution in [-0.4, -0.2) is 40.8 Å². The Labute approximate surface area is 165 Å². The lowest BCUT2D eigenvalue weighted by atomic mass is 10.0. The molecule has 0 bridgehead atoms. The van der Waals surface area contributed by atoms with E-state index in [1.165, 1.54) is 18.3 Å². The van der Waals surface area contributed by atoms with E-state index in [2.05, 4.69) is 0 Å². The molecule has 0 aliphatic rings. The van der Waals surface area contributed by atoms with Gasteiger partial charge in [-0.25, -0.2) is 4.79 Å². The van der Waals surface area contributed by atoms with Crippen LogP contribution < -0.4 is 0 Å². The van der Waals surface area contributed by atoms with Crippen molar-refractivity contribution in [3.05, 3.63) is 46.7 Å². The van der Waals surface area contributed by atoms with Gasteiger partial charge >= 0.3 is 5.97 Å². The van der Waals surface area contributed by atoms with Crippen molar-refractivity contribution in [1.82, 2.24) is 9.47 Å². The molecule has 0 aliphatic heterocycles. The van der Waals surface area contributed by atoms with Gasteiger partial charge in [0.1, 0.15) is 11.5 Å². The van der Waals surface area contributed by atoms with E-state index in [4.69, 9.17) is 9.15 Å². The standard InChI is InChI=1S/C21H28N2O5/c1-13(2)10-18(25)23(11-16-8-7-9-28-16)12-17(24)19-14(3)20(21(26)27-6)22(5)15(19)4/h7-9,13H,10-12H2,1-6H3. The van der Waals surface area contributed by atoms with Crippen LogP contribution in [0.3, 0.4) is 0 Å². The predicted molar refractivity (Wildman–Crippen MR) is 104 cm³/mol. The van der Waals surface area contributed by atoms with Crippen molar-refractivity contribution in [2.24, 2.45) is 13.0 Å². The molecule has 0 saturated carbocycles. The van der Waals surface area contributed by atoms with Gasteiger partial charge in [-0.2, -0.15) is 0 Å². The van der Waals surface area contributed by atoms with Crippen LogP contribution in [0.15, 0.2) is 22.8 Å². The van der Waals surface area contributed by atoms with Crippen LogP contribution in [0.4, 0.5) is 0 Å². The van der Waals surface area contributed by atoms with Gasteiger partial charge in [0.25, 0.3) is 0 Å². The fourth-order valence-corrected chi connectivity index (χ4v) is 3.33. The Morgan fingerprint density at radius 2 is 1.93 bits per heavy atom. The molecule has 2 rings (SSSR count). The highest BCUT2D eigenvalue weighted by Crippen LogP contribution is 2.23. The summed E-state index contributed by atoms with van der Waals surface area (Å²) in [6, 6.07) is 3.52. The molecular weight excluding hydrogens is 360 g/mol. The number of carbonyl (C=O) groups excluding carboxylic acids is 3. The monoisotopic (exact) mass is 388 g/mol. The average Bonchev–Trinajstić information content (AvgIpc) is 3.20. The van der Waals surface area contributed by atoms with Crippen molar-refractivity contribution in [2.45, 2.75) is 40.7 Å². The number of esters is 1. The van der Waals surface area contributed by atoms with Crippen LogP contribution in [0.5, 0.6) is 0 Å². The van der Waals surface area contributed by atoms with E-state index in [1.807, 2.05) is 13.8 Å². The highest BCUT2D eigenvalue weighted by molar-refractivity contribution is 6.04. The van der Waals surface area contributed by atoms with E-state index in [9.17, 15) is 14.4 Å². The first-order valence-electron chi connectivity index (χ1n) is 9.24. The first-order valence-corrected chi connectivity index (χ1v) is 9.24. The fourth-order valence-electron chi connectivity index (χ4n) is 3.33. The lowest BCUT2D eigenvalue weighted by molar-refractivity contribution is -0.132. The summed E-state index contributed by atoms with van der Waals surface area (Å²) in [6.07, 6.45) is 1.88. The Bertz CT molecular complexity index is 862. The Morgan fingerprint density at radius 3 is 2.46 bits per heavy atom. The number of methoxy groups -OCH3 is 1. The third kappa shape index (κ3) is 4.52. The Kier molecular flexibility index (Phi) is 6.83. The van der Waals surface area contributed by atoms with E-state index in [0.717, 1.165) is 0 Å². The van der Waals surface area contributed by atoms with Gasteiger partial charge in [-0.15, -0.1) is 0 Å². The number of nitrogens with zero attached hydrogens (tertiary/aromatic N) is 2. The maximum Gasteiger partial charge on any atom is 0.354 e. The van der Waals surface area contributed by atoms with Crippen molar-refractivity contribution < 1.29 is 23.5 Å².